The zero-order valence-electron chi connectivity index (χ0n) is 9.52. The molecule has 0 aliphatic rings. The first-order valence-electron chi connectivity index (χ1n) is 5.29. The molecular formula is C11H15ClFN3O. The van der Waals surface area contributed by atoms with Gasteiger partial charge in [0.05, 0.1) is 16.4 Å². The average Bonchev–Trinajstić information content (AvgIpc) is 2.26. The van der Waals surface area contributed by atoms with Crippen LogP contribution in [0.2, 0.25) is 5.02 Å². The molecule has 0 atom stereocenters. The number of benzene rings is 1. The lowest BCUT2D eigenvalue weighted by molar-refractivity contribution is -0.120. The molecular weight excluding hydrogens is 245 g/mol. The van der Waals surface area contributed by atoms with Crippen LogP contribution in [0.15, 0.2) is 12.1 Å². The lowest BCUT2D eigenvalue weighted by atomic mass is 10.2. The number of nitrogens with two attached hydrogens (primary N) is 1. The molecule has 1 aromatic rings. The summed E-state index contributed by atoms with van der Waals surface area (Å²) in [6.07, 6.45) is 0.322. The molecule has 1 rings (SSSR count). The molecule has 1 amide bonds. The summed E-state index contributed by atoms with van der Waals surface area (Å²) in [5, 5.41) is 5.60. The van der Waals surface area contributed by atoms with Gasteiger partial charge in [0.2, 0.25) is 5.91 Å². The molecule has 0 aliphatic heterocycles. The van der Waals surface area contributed by atoms with Crippen molar-refractivity contribution in [3.8, 4) is 0 Å². The van der Waals surface area contributed by atoms with E-state index in [-0.39, 0.29) is 16.6 Å². The number of carbonyl (C=O) groups excluding carboxylic acids is 1. The first-order valence-corrected chi connectivity index (χ1v) is 5.67. The van der Waals surface area contributed by atoms with Crippen LogP contribution in [-0.4, -0.2) is 19.0 Å². The standard InChI is InChI=1S/C11H15ClFN3O/c1-2-15-11(17)3-4-16-10-5-7(12)8(13)6-9(10)14/h5-6,16H,2-4,14H2,1H3,(H,15,17). The van der Waals surface area contributed by atoms with Crippen molar-refractivity contribution in [1.29, 1.82) is 0 Å². The minimum atomic E-state index is -0.557. The number of nitrogens with one attached hydrogen (secondary N) is 2. The van der Waals surface area contributed by atoms with E-state index in [4.69, 9.17) is 17.3 Å². The Hall–Kier alpha value is -1.49. The van der Waals surface area contributed by atoms with Gasteiger partial charge in [0.1, 0.15) is 5.82 Å². The average molecular weight is 260 g/mol. The fourth-order valence-corrected chi connectivity index (χ4v) is 1.48. The largest absolute Gasteiger partial charge is 0.397 e. The number of halogens is 2. The van der Waals surface area contributed by atoms with Crippen molar-refractivity contribution in [2.75, 3.05) is 24.1 Å². The summed E-state index contributed by atoms with van der Waals surface area (Å²) in [6, 6.07) is 2.56. The van der Waals surface area contributed by atoms with E-state index in [1.807, 2.05) is 6.92 Å². The third-order valence-corrected chi connectivity index (χ3v) is 2.42. The van der Waals surface area contributed by atoms with Crippen LogP contribution in [0.5, 0.6) is 0 Å². The zero-order chi connectivity index (χ0) is 12.8. The van der Waals surface area contributed by atoms with E-state index in [0.717, 1.165) is 6.07 Å². The second-order valence-electron chi connectivity index (χ2n) is 3.48. The first kappa shape index (κ1) is 13.6. The van der Waals surface area contributed by atoms with E-state index in [1.54, 1.807) is 0 Å². The van der Waals surface area contributed by atoms with Gasteiger partial charge in [0.15, 0.2) is 0 Å². The van der Waals surface area contributed by atoms with Crippen LogP contribution in [-0.2, 0) is 4.79 Å². The third-order valence-electron chi connectivity index (χ3n) is 2.13. The van der Waals surface area contributed by atoms with Crippen molar-refractivity contribution >= 4 is 28.9 Å². The maximum Gasteiger partial charge on any atom is 0.221 e. The predicted octanol–water partition coefficient (Wildman–Crippen LogP) is 2.00. The summed E-state index contributed by atoms with van der Waals surface area (Å²) in [6.45, 7) is 2.87. The Balaban J connectivity index is 2.52. The second-order valence-corrected chi connectivity index (χ2v) is 3.89. The van der Waals surface area contributed by atoms with E-state index >= 15 is 0 Å². The number of amides is 1. The number of hydrogen-bond donors (Lipinski definition) is 3. The molecule has 0 heterocycles. The van der Waals surface area contributed by atoms with E-state index in [0.29, 0.717) is 25.2 Å². The van der Waals surface area contributed by atoms with Crippen LogP contribution in [0.1, 0.15) is 13.3 Å². The van der Waals surface area contributed by atoms with Crippen molar-refractivity contribution in [1.82, 2.24) is 5.32 Å². The van der Waals surface area contributed by atoms with Gasteiger partial charge in [-0.05, 0) is 13.0 Å². The van der Waals surface area contributed by atoms with Gasteiger partial charge in [-0.3, -0.25) is 4.79 Å². The fourth-order valence-electron chi connectivity index (χ4n) is 1.31. The molecule has 0 saturated heterocycles. The number of rotatable bonds is 5. The van der Waals surface area contributed by atoms with Crippen LogP contribution in [0.3, 0.4) is 0 Å². The predicted molar refractivity (Wildman–Crippen MR) is 67.6 cm³/mol. The Labute approximate surface area is 104 Å². The maximum absolute atomic E-state index is 13.0. The number of carbonyl (C=O) groups is 1. The summed E-state index contributed by atoms with van der Waals surface area (Å²) in [5.41, 5.74) is 6.40. The van der Waals surface area contributed by atoms with Crippen molar-refractivity contribution in [2.45, 2.75) is 13.3 Å². The van der Waals surface area contributed by atoms with E-state index in [1.165, 1.54) is 6.07 Å². The van der Waals surface area contributed by atoms with Crippen molar-refractivity contribution in [3.63, 3.8) is 0 Å². The van der Waals surface area contributed by atoms with Crippen LogP contribution in [0.4, 0.5) is 15.8 Å². The smallest absolute Gasteiger partial charge is 0.221 e. The van der Waals surface area contributed by atoms with Gasteiger partial charge < -0.3 is 16.4 Å². The monoisotopic (exact) mass is 259 g/mol. The second kappa shape index (κ2) is 6.30. The van der Waals surface area contributed by atoms with Gasteiger partial charge in [-0.2, -0.15) is 0 Å². The SMILES string of the molecule is CCNC(=O)CCNc1cc(Cl)c(F)cc1N. The molecule has 0 bridgehead atoms. The molecule has 0 spiro atoms. The zero-order valence-corrected chi connectivity index (χ0v) is 10.3. The van der Waals surface area contributed by atoms with Crippen molar-refractivity contribution in [2.24, 2.45) is 0 Å². The van der Waals surface area contributed by atoms with Crippen LogP contribution in [0.25, 0.3) is 0 Å². The highest BCUT2D eigenvalue weighted by Crippen LogP contribution is 2.25. The quantitative estimate of drug-likeness (QED) is 0.709. The Kier molecular flexibility index (Phi) is 5.03. The van der Waals surface area contributed by atoms with E-state index in [9.17, 15) is 9.18 Å². The molecule has 0 saturated carbocycles. The minimum Gasteiger partial charge on any atom is -0.397 e. The highest BCUT2D eigenvalue weighted by atomic mass is 35.5. The Morgan fingerprint density at radius 3 is 2.88 bits per heavy atom. The summed E-state index contributed by atoms with van der Waals surface area (Å²) in [7, 11) is 0. The number of nitrogen functional groups attached to an aromatic ring is 1. The maximum atomic E-state index is 13.0. The molecule has 0 fully saturated rings. The fraction of sp³-hybridized carbons (Fsp3) is 0.364. The van der Waals surface area contributed by atoms with Crippen LogP contribution in [0, 0.1) is 5.82 Å². The van der Waals surface area contributed by atoms with E-state index < -0.39 is 5.82 Å². The van der Waals surface area contributed by atoms with Crippen LogP contribution >= 0.6 is 11.6 Å². The number of hydrogen-bond acceptors (Lipinski definition) is 3. The molecule has 4 nitrogen and oxygen atoms in total. The molecule has 0 radical (unpaired) electrons. The molecule has 94 valence electrons. The molecule has 0 unspecified atom stereocenters. The summed E-state index contributed by atoms with van der Waals surface area (Å²) >= 11 is 5.63. The van der Waals surface area contributed by atoms with E-state index in [2.05, 4.69) is 10.6 Å². The van der Waals surface area contributed by atoms with Gasteiger partial charge in [-0.1, -0.05) is 11.6 Å². The van der Waals surface area contributed by atoms with Crippen LogP contribution < -0.4 is 16.4 Å². The third kappa shape index (κ3) is 4.11. The van der Waals surface area contributed by atoms with Gasteiger partial charge >= 0.3 is 0 Å². The van der Waals surface area contributed by atoms with Gasteiger partial charge in [0.25, 0.3) is 0 Å². The Morgan fingerprint density at radius 1 is 1.53 bits per heavy atom. The lowest BCUT2D eigenvalue weighted by Gasteiger charge is -2.10. The molecule has 6 heteroatoms. The molecule has 17 heavy (non-hydrogen) atoms. The Bertz CT molecular complexity index is 412. The summed E-state index contributed by atoms with van der Waals surface area (Å²) in [4.78, 5) is 11.2. The van der Waals surface area contributed by atoms with Gasteiger partial charge in [0, 0.05) is 25.6 Å². The van der Waals surface area contributed by atoms with Crippen molar-refractivity contribution < 1.29 is 9.18 Å². The molecule has 1 aromatic carbocycles. The van der Waals surface area contributed by atoms with Gasteiger partial charge in [-0.15, -0.1) is 0 Å². The normalized spacial score (nSPS) is 10.1. The summed E-state index contributed by atoms with van der Waals surface area (Å²) in [5.74, 6) is -0.606. The topological polar surface area (TPSA) is 67.2 Å². The highest BCUT2D eigenvalue weighted by Gasteiger charge is 2.06. The Morgan fingerprint density at radius 2 is 2.24 bits per heavy atom. The highest BCUT2D eigenvalue weighted by molar-refractivity contribution is 6.31. The number of anilines is 2. The molecule has 4 N–H and O–H groups in total. The first-order chi connectivity index (χ1) is 8.04. The lowest BCUT2D eigenvalue weighted by Crippen LogP contribution is -2.24. The minimum absolute atomic E-state index is 0.000269. The molecule has 0 aromatic heterocycles. The van der Waals surface area contributed by atoms with Gasteiger partial charge in [-0.25, -0.2) is 4.39 Å². The summed E-state index contributed by atoms with van der Waals surface area (Å²) < 4.78 is 13.0. The van der Waals surface area contributed by atoms with Crippen molar-refractivity contribution in [3.05, 3.63) is 23.0 Å². The molecule has 0 aliphatic carbocycles.